The third-order valence-corrected chi connectivity index (χ3v) is 14.6. The summed E-state index contributed by atoms with van der Waals surface area (Å²) >= 11 is 0. The van der Waals surface area contributed by atoms with Crippen molar-refractivity contribution in [2.24, 2.45) is 5.92 Å². The van der Waals surface area contributed by atoms with Crippen LogP contribution in [0.25, 0.3) is 33.4 Å². The zero-order valence-corrected chi connectivity index (χ0v) is 48.2. The number of hydrogen-bond acceptors (Lipinski definition) is 0. The van der Waals surface area contributed by atoms with E-state index in [9.17, 15) is 0 Å². The molecule has 0 radical (unpaired) electrons. The van der Waals surface area contributed by atoms with E-state index in [-0.39, 0.29) is 5.41 Å². The molecule has 0 spiro atoms. The van der Waals surface area contributed by atoms with Crippen molar-refractivity contribution in [3.63, 3.8) is 0 Å². The van der Waals surface area contributed by atoms with Crippen LogP contribution in [0.1, 0.15) is 152 Å². The Balaban J connectivity index is 0.000000272. The van der Waals surface area contributed by atoms with Gasteiger partial charge in [0.25, 0.3) is 0 Å². The molecule has 0 saturated heterocycles. The van der Waals surface area contributed by atoms with E-state index in [0.29, 0.717) is 11.8 Å². The number of allylic oxidation sites excluding steroid dienone is 22. The second-order valence-corrected chi connectivity index (χ2v) is 21.4. The lowest BCUT2D eigenvalue weighted by atomic mass is 9.81. The summed E-state index contributed by atoms with van der Waals surface area (Å²) < 4.78 is 0. The third-order valence-electron chi connectivity index (χ3n) is 14.6. The molecule has 76 heavy (non-hydrogen) atoms. The van der Waals surface area contributed by atoms with Crippen LogP contribution in [0.3, 0.4) is 0 Å². The Morgan fingerprint density at radius 2 is 1.37 bits per heavy atom. The maximum atomic E-state index is 3.83. The van der Waals surface area contributed by atoms with Gasteiger partial charge < -0.3 is 0 Å². The highest BCUT2D eigenvalue weighted by Gasteiger charge is 2.35. The largest absolute Gasteiger partial charge is 0.112 e. The van der Waals surface area contributed by atoms with Gasteiger partial charge in [-0.15, -0.1) is 5.73 Å². The van der Waals surface area contributed by atoms with Gasteiger partial charge in [0, 0.05) is 16.9 Å². The first-order valence-electron chi connectivity index (χ1n) is 28.2. The highest BCUT2D eigenvalue weighted by atomic mass is 14.4. The summed E-state index contributed by atoms with van der Waals surface area (Å²) in [6.07, 6.45) is 42.5. The highest BCUT2D eigenvalue weighted by Crippen LogP contribution is 2.49. The Bertz CT molecular complexity index is 3200. The van der Waals surface area contributed by atoms with E-state index in [1.165, 1.54) is 114 Å². The fraction of sp³-hybridized carbons (Fsp3) is 0.276. The molecule has 390 valence electrons. The van der Waals surface area contributed by atoms with Crippen molar-refractivity contribution < 1.29 is 0 Å². The van der Waals surface area contributed by atoms with Crippen LogP contribution in [-0.2, 0) is 11.8 Å². The monoisotopic (exact) mass is 999 g/mol. The lowest BCUT2D eigenvalue weighted by molar-refractivity contribution is 0.658. The summed E-state index contributed by atoms with van der Waals surface area (Å²) in [6, 6.07) is 40.2. The molecule has 5 aliphatic rings. The summed E-state index contributed by atoms with van der Waals surface area (Å²) in [4.78, 5) is 0. The minimum Gasteiger partial charge on any atom is -0.112 e. The summed E-state index contributed by atoms with van der Waals surface area (Å²) in [5, 5.41) is 0. The molecular weight excluding hydrogens is 913 g/mol. The molecule has 10 rings (SSSR count). The Hall–Kier alpha value is -7.24. The van der Waals surface area contributed by atoms with Gasteiger partial charge in [-0.1, -0.05) is 266 Å². The Kier molecular flexibility index (Phi) is 21.8. The van der Waals surface area contributed by atoms with Gasteiger partial charge in [-0.05, 0) is 174 Å². The molecule has 5 aliphatic carbocycles. The fourth-order valence-electron chi connectivity index (χ4n) is 9.91. The fourth-order valence-corrected chi connectivity index (χ4v) is 9.91. The summed E-state index contributed by atoms with van der Waals surface area (Å²) in [5.41, 5.74) is 28.5. The van der Waals surface area contributed by atoms with Gasteiger partial charge in [-0.2, -0.15) is 0 Å². The first-order chi connectivity index (χ1) is 36.7. The van der Waals surface area contributed by atoms with Crippen LogP contribution in [0.2, 0.25) is 0 Å². The molecule has 0 nitrogen and oxygen atoms in total. The molecule has 0 heteroatoms. The van der Waals surface area contributed by atoms with Crippen molar-refractivity contribution >= 4 is 11.1 Å². The summed E-state index contributed by atoms with van der Waals surface area (Å²) in [7, 11) is 0. The van der Waals surface area contributed by atoms with E-state index < -0.39 is 0 Å². The summed E-state index contributed by atoms with van der Waals surface area (Å²) in [6.45, 7) is 30.0. The van der Waals surface area contributed by atoms with Gasteiger partial charge in [-0.3, -0.25) is 0 Å². The molecule has 0 aliphatic heterocycles. The number of benzene rings is 5. The van der Waals surface area contributed by atoms with Gasteiger partial charge in [0.2, 0.25) is 0 Å². The van der Waals surface area contributed by atoms with Gasteiger partial charge in [0.1, 0.15) is 0 Å². The smallest absolute Gasteiger partial charge is 0.0234 e. The average Bonchev–Trinajstić information content (AvgIpc) is 4.34. The minimum absolute atomic E-state index is 0.0143. The number of fused-ring (bicyclic) bond motifs is 3. The van der Waals surface area contributed by atoms with Crippen molar-refractivity contribution in [2.45, 2.75) is 133 Å². The van der Waals surface area contributed by atoms with Gasteiger partial charge >= 0.3 is 0 Å². The Morgan fingerprint density at radius 3 is 2.08 bits per heavy atom. The quantitative estimate of drug-likeness (QED) is 0.0966. The first kappa shape index (κ1) is 58.0. The van der Waals surface area contributed by atoms with Crippen LogP contribution in [-0.4, -0.2) is 0 Å². The maximum Gasteiger partial charge on any atom is 0.0234 e. The van der Waals surface area contributed by atoms with Crippen LogP contribution in [0, 0.1) is 19.8 Å². The topological polar surface area (TPSA) is 0 Å². The van der Waals surface area contributed by atoms with Crippen molar-refractivity contribution in [3.8, 4) is 22.3 Å². The molecule has 0 aromatic heterocycles. The minimum atomic E-state index is 0.0143. The molecule has 0 N–H and O–H groups in total. The maximum absolute atomic E-state index is 3.83. The van der Waals surface area contributed by atoms with Crippen molar-refractivity contribution in [1.82, 2.24) is 0 Å². The molecule has 5 aromatic carbocycles. The normalized spacial score (nSPS) is 16.8. The predicted octanol–water partition coefficient (Wildman–Crippen LogP) is 22.0. The zero-order chi connectivity index (χ0) is 54.6. The standard InChI is InChI=1S/C48H46.C15H18.C8H10.C3H6.C2H6/c1-7-33(3)42-26-24-40(31-45(42)41-16-9-8-13-34(41)4)38-15-12-14-37(22-23-38)39-21-19-32(2)27-36(29-39)28-35-20-25-44-43-17-10-11-18-46(43)48(5,6)47(44)30-35;1-12(2)8-7-10-14(4)15-11-6-5-9-13(15)3;1-8-6-4-2-3-5-7-8;1-2-3-1;1-2/h8-13,15-27,29-31,33,36H,7,28H2,1-6H3;5-11H,1H2,2-4H3;2-6H,7H2,1H3;1-3H2;1-2H3/b;8-7-,14-10+;;;. The first-order valence-corrected chi connectivity index (χ1v) is 28.2. The van der Waals surface area contributed by atoms with Crippen LogP contribution >= 0.6 is 0 Å². The number of aryl methyl sites for hydroxylation is 2. The Labute approximate surface area is 460 Å². The third kappa shape index (κ3) is 16.1. The van der Waals surface area contributed by atoms with E-state index in [1.54, 1.807) is 0 Å². The second-order valence-electron chi connectivity index (χ2n) is 21.4. The lowest BCUT2D eigenvalue weighted by Gasteiger charge is -2.22. The van der Waals surface area contributed by atoms with Gasteiger partial charge in [0.05, 0.1) is 0 Å². The van der Waals surface area contributed by atoms with E-state index in [0.717, 1.165) is 30.4 Å². The van der Waals surface area contributed by atoms with E-state index in [1.807, 2.05) is 32.9 Å². The van der Waals surface area contributed by atoms with Crippen molar-refractivity contribution in [2.75, 3.05) is 0 Å². The van der Waals surface area contributed by atoms with Crippen LogP contribution < -0.4 is 0 Å². The van der Waals surface area contributed by atoms with E-state index >= 15 is 0 Å². The molecule has 1 saturated carbocycles. The average molecular weight is 1000 g/mol. The Morgan fingerprint density at radius 1 is 0.684 bits per heavy atom. The number of rotatable bonds is 10. The van der Waals surface area contributed by atoms with Crippen LogP contribution in [0.5, 0.6) is 0 Å². The highest BCUT2D eigenvalue weighted by molar-refractivity contribution is 5.83. The molecule has 0 bridgehead atoms. The lowest BCUT2D eigenvalue weighted by Crippen LogP contribution is -2.15. The van der Waals surface area contributed by atoms with Crippen molar-refractivity contribution in [3.05, 3.63) is 291 Å². The molecule has 5 aromatic rings. The second kappa shape index (κ2) is 28.6. The molecule has 2 atom stereocenters. The van der Waals surface area contributed by atoms with E-state index in [4.69, 9.17) is 0 Å². The molecule has 0 amide bonds. The molecular formula is C76H86. The SMILES string of the molecule is C1CC1.C=C(C)/C=C\C=C(/C)c1ccccc1C.CC.CC1=CC=CC=CC1.CCC(C)c1ccc(C2=CC=C=C(C3=CC(Cc4ccc5c(c4)C(C)(C)c4ccccc4-5)C=C(C)C=C3)C=C2)cc1-c1ccccc1C. The molecule has 2 unspecified atom stereocenters. The van der Waals surface area contributed by atoms with Gasteiger partial charge in [-0.25, -0.2) is 0 Å². The summed E-state index contributed by atoms with van der Waals surface area (Å²) in [5.74, 6) is 0.794. The molecule has 0 heterocycles. The molecule has 1 fully saturated rings. The van der Waals surface area contributed by atoms with Crippen LogP contribution in [0.15, 0.2) is 247 Å². The van der Waals surface area contributed by atoms with Crippen molar-refractivity contribution in [1.29, 1.82) is 0 Å². The predicted molar refractivity (Wildman–Crippen MR) is 337 cm³/mol. The number of hydrogen-bond donors (Lipinski definition) is 0. The van der Waals surface area contributed by atoms with E-state index in [2.05, 4.69) is 269 Å². The van der Waals surface area contributed by atoms with Crippen LogP contribution in [0.4, 0.5) is 0 Å². The van der Waals surface area contributed by atoms with Gasteiger partial charge in [0.15, 0.2) is 0 Å². The zero-order valence-electron chi connectivity index (χ0n) is 48.2.